The molecule has 2 N–H and O–H groups in total. The smallest absolute Gasteiger partial charge is 0.407 e. The molecule has 35 heavy (non-hydrogen) atoms. The predicted octanol–water partition coefficient (Wildman–Crippen LogP) is 2.72. The van der Waals surface area contributed by atoms with E-state index in [9.17, 15) is 32.6 Å². The monoisotopic (exact) mass is 529 g/mol. The lowest BCUT2D eigenvalue weighted by molar-refractivity contribution is -0.109. The molecule has 0 radical (unpaired) electrons. The molecule has 1 saturated heterocycles. The zero-order chi connectivity index (χ0) is 26.0. The molecule has 0 saturated carbocycles. The normalized spacial score (nSPS) is 18.4. The summed E-state index contributed by atoms with van der Waals surface area (Å²) in [5, 5.41) is 11.6. The number of carboxylic acid groups (broad SMARTS) is 1. The molecule has 1 aliphatic rings. The van der Waals surface area contributed by atoms with Crippen LogP contribution in [0.2, 0.25) is 0 Å². The van der Waals surface area contributed by atoms with E-state index in [1.54, 1.807) is 0 Å². The van der Waals surface area contributed by atoms with Crippen molar-refractivity contribution >= 4 is 51.5 Å². The van der Waals surface area contributed by atoms with Crippen molar-refractivity contribution in [2.75, 3.05) is 28.5 Å². The van der Waals surface area contributed by atoms with E-state index in [0.717, 1.165) is 33.5 Å². The molecule has 10 nitrogen and oxygen atoms in total. The van der Waals surface area contributed by atoms with Crippen LogP contribution in [-0.2, 0) is 23.1 Å². The van der Waals surface area contributed by atoms with E-state index in [0.29, 0.717) is 4.31 Å². The van der Waals surface area contributed by atoms with Crippen LogP contribution in [0, 0.1) is 24.5 Å². The summed E-state index contributed by atoms with van der Waals surface area (Å²) < 4.78 is 55.3. The van der Waals surface area contributed by atoms with Gasteiger partial charge in [-0.1, -0.05) is 11.8 Å². The molecule has 190 valence electrons. The van der Waals surface area contributed by atoms with Gasteiger partial charge in [0.15, 0.2) is 10.9 Å². The first kappa shape index (κ1) is 26.6. The fourth-order valence-corrected chi connectivity index (χ4v) is 5.46. The standard InChI is InChI=1S/C21H24F2N4O6S2/c1-11-6-14(4-5-15(11)22)24-20(29)19-18(23)17(8-25(19)3)27(35(32)33)16-9-26(21(30)31)7-13(16)10-34-12(2)28/h4-6,8,13,16H,7,9-10H2,1-3H3,(H,24,29)(H,30,31)(H,32,33)/p-1/t13-,16-/m0/s1. The summed E-state index contributed by atoms with van der Waals surface area (Å²) in [4.78, 5) is 36.7. The number of aromatic nitrogens is 1. The predicted molar refractivity (Wildman–Crippen MR) is 126 cm³/mol. The van der Waals surface area contributed by atoms with Crippen molar-refractivity contribution in [3.63, 3.8) is 0 Å². The Morgan fingerprint density at radius 3 is 2.57 bits per heavy atom. The number of carbonyl (C=O) groups is 3. The first-order chi connectivity index (χ1) is 16.4. The summed E-state index contributed by atoms with van der Waals surface area (Å²) in [6.45, 7) is 2.55. The Bertz CT molecular complexity index is 1190. The molecule has 2 heterocycles. The number of thioether (sulfide) groups is 1. The number of hydrogen-bond donors (Lipinski definition) is 2. The molecule has 1 aliphatic heterocycles. The van der Waals surface area contributed by atoms with Crippen LogP contribution in [-0.4, -0.2) is 65.3 Å². The average molecular weight is 530 g/mol. The summed E-state index contributed by atoms with van der Waals surface area (Å²) in [6, 6.07) is 2.82. The molecule has 3 atom stereocenters. The molecule has 2 aromatic rings. The van der Waals surface area contributed by atoms with Crippen LogP contribution >= 0.6 is 11.8 Å². The van der Waals surface area contributed by atoms with Gasteiger partial charge in [0.05, 0.1) is 6.04 Å². The van der Waals surface area contributed by atoms with Gasteiger partial charge in [0, 0.05) is 61.9 Å². The third-order valence-electron chi connectivity index (χ3n) is 5.61. The first-order valence-corrected chi connectivity index (χ1v) is 12.3. The molecule has 1 fully saturated rings. The van der Waals surface area contributed by atoms with Crippen LogP contribution in [0.5, 0.6) is 0 Å². The Morgan fingerprint density at radius 1 is 1.31 bits per heavy atom. The molecule has 0 spiro atoms. The van der Waals surface area contributed by atoms with Gasteiger partial charge in [0.2, 0.25) is 0 Å². The summed E-state index contributed by atoms with van der Waals surface area (Å²) in [6.07, 6.45) is -0.153. The van der Waals surface area contributed by atoms with Gasteiger partial charge in [0.1, 0.15) is 17.2 Å². The molecule has 14 heteroatoms. The maximum absolute atomic E-state index is 15.5. The Morgan fingerprint density at radius 2 is 2.00 bits per heavy atom. The Hall–Kier alpha value is -2.97. The van der Waals surface area contributed by atoms with Crippen LogP contribution in [0.15, 0.2) is 24.4 Å². The molecule has 1 aromatic carbocycles. The lowest BCUT2D eigenvalue weighted by Crippen LogP contribution is -2.43. The molecular formula is C21H23F2N4O6S2-. The first-order valence-electron chi connectivity index (χ1n) is 10.3. The maximum atomic E-state index is 15.5. The van der Waals surface area contributed by atoms with Gasteiger partial charge >= 0.3 is 6.09 Å². The van der Waals surface area contributed by atoms with E-state index in [1.165, 1.54) is 33.0 Å². The minimum absolute atomic E-state index is 0.0420. The molecular weight excluding hydrogens is 506 g/mol. The Balaban J connectivity index is 1.95. The summed E-state index contributed by atoms with van der Waals surface area (Å²) in [5.74, 6) is -2.96. The van der Waals surface area contributed by atoms with Crippen molar-refractivity contribution in [1.29, 1.82) is 0 Å². The number of carbonyl (C=O) groups excluding carboxylic acids is 2. The minimum atomic E-state index is -3.03. The third kappa shape index (κ3) is 5.82. The van der Waals surface area contributed by atoms with Crippen molar-refractivity contribution in [1.82, 2.24) is 9.47 Å². The fraction of sp³-hybridized carbons (Fsp3) is 0.381. The minimum Gasteiger partial charge on any atom is -0.755 e. The van der Waals surface area contributed by atoms with E-state index < -0.39 is 58.2 Å². The number of aryl methyl sites for hydroxylation is 2. The van der Waals surface area contributed by atoms with Crippen molar-refractivity contribution in [2.45, 2.75) is 19.9 Å². The van der Waals surface area contributed by atoms with Crippen molar-refractivity contribution in [3.8, 4) is 0 Å². The van der Waals surface area contributed by atoms with E-state index in [1.807, 2.05) is 0 Å². The second kappa shape index (κ2) is 10.7. The number of hydrogen-bond acceptors (Lipinski definition) is 6. The summed E-state index contributed by atoms with van der Waals surface area (Å²) in [7, 11) is 1.35. The second-order valence-corrected chi connectivity index (χ2v) is 10.1. The van der Waals surface area contributed by atoms with Crippen LogP contribution in [0.3, 0.4) is 0 Å². The fourth-order valence-electron chi connectivity index (χ4n) is 3.94. The number of nitrogens with one attached hydrogen (secondary N) is 1. The number of amides is 2. The van der Waals surface area contributed by atoms with Crippen LogP contribution in [0.1, 0.15) is 23.0 Å². The quantitative estimate of drug-likeness (QED) is 0.527. The SMILES string of the molecule is CC(=O)SC[C@@H]1CN(C(=O)O)C[C@@H]1N(c1cn(C)c(C(=O)Nc2ccc(F)c(C)c2)c1F)S(=O)[O-]. The summed E-state index contributed by atoms with van der Waals surface area (Å²) >= 11 is -2.11. The number of benzene rings is 1. The number of anilines is 2. The number of nitrogens with zero attached hydrogens (tertiary/aromatic N) is 3. The van der Waals surface area contributed by atoms with Crippen molar-refractivity contribution in [2.24, 2.45) is 13.0 Å². The average Bonchev–Trinajstić information content (AvgIpc) is 3.30. The highest BCUT2D eigenvalue weighted by Gasteiger charge is 2.41. The van der Waals surface area contributed by atoms with Gasteiger partial charge < -0.3 is 24.4 Å². The number of rotatable bonds is 7. The molecule has 2 amide bonds. The van der Waals surface area contributed by atoms with Crippen LogP contribution in [0.25, 0.3) is 0 Å². The second-order valence-electron chi connectivity index (χ2n) is 8.07. The molecule has 0 bridgehead atoms. The van der Waals surface area contributed by atoms with Gasteiger partial charge in [-0.25, -0.2) is 13.6 Å². The lowest BCUT2D eigenvalue weighted by atomic mass is 10.1. The summed E-state index contributed by atoms with van der Waals surface area (Å²) in [5.41, 5.74) is -0.423. The van der Waals surface area contributed by atoms with Gasteiger partial charge in [-0.15, -0.1) is 0 Å². The maximum Gasteiger partial charge on any atom is 0.407 e. The van der Waals surface area contributed by atoms with Crippen molar-refractivity contribution < 1.29 is 37.0 Å². The van der Waals surface area contributed by atoms with Crippen LogP contribution < -0.4 is 9.62 Å². The number of halogens is 2. The third-order valence-corrected chi connectivity index (χ3v) is 7.40. The molecule has 1 aromatic heterocycles. The topological polar surface area (TPSA) is 135 Å². The Labute approximate surface area is 206 Å². The van der Waals surface area contributed by atoms with E-state index in [4.69, 9.17) is 0 Å². The largest absolute Gasteiger partial charge is 0.755 e. The van der Waals surface area contributed by atoms with Gasteiger partial charge in [-0.05, 0) is 30.7 Å². The highest BCUT2D eigenvalue weighted by Crippen LogP contribution is 2.34. The van der Waals surface area contributed by atoms with Gasteiger partial charge in [0.25, 0.3) is 5.91 Å². The van der Waals surface area contributed by atoms with Crippen LogP contribution in [0.4, 0.5) is 25.0 Å². The zero-order valence-electron chi connectivity index (χ0n) is 19.0. The lowest BCUT2D eigenvalue weighted by Gasteiger charge is -2.34. The van der Waals surface area contributed by atoms with Gasteiger partial charge in [-0.2, -0.15) is 0 Å². The van der Waals surface area contributed by atoms with E-state index in [2.05, 4.69) is 5.32 Å². The number of likely N-dealkylation sites (tertiary alicyclic amines) is 1. The molecule has 3 rings (SSSR count). The highest BCUT2D eigenvalue weighted by molar-refractivity contribution is 8.13. The van der Waals surface area contributed by atoms with E-state index >= 15 is 4.39 Å². The van der Waals surface area contributed by atoms with E-state index in [-0.39, 0.29) is 35.2 Å². The Kier molecular flexibility index (Phi) is 8.18. The van der Waals surface area contributed by atoms with Crippen molar-refractivity contribution in [3.05, 3.63) is 47.3 Å². The molecule has 0 aliphatic carbocycles. The highest BCUT2D eigenvalue weighted by atomic mass is 32.2. The molecule has 1 unspecified atom stereocenters. The zero-order valence-corrected chi connectivity index (χ0v) is 20.6. The van der Waals surface area contributed by atoms with Gasteiger partial charge in [-0.3, -0.25) is 18.1 Å².